The molecular weight excluding hydrogens is 236 g/mol. The number of aromatic hydroxyl groups is 1. The van der Waals surface area contributed by atoms with Gasteiger partial charge in [0.25, 0.3) is 0 Å². The van der Waals surface area contributed by atoms with E-state index in [0.717, 1.165) is 5.57 Å². The molecule has 0 saturated heterocycles. The first-order valence-corrected chi connectivity index (χ1v) is 6.44. The second-order valence-electron chi connectivity index (χ2n) is 3.59. The van der Waals surface area contributed by atoms with Crippen molar-refractivity contribution >= 4 is 5.78 Å². The number of hydrogen-bond acceptors (Lipinski definition) is 2. The SMILES string of the molecule is C=C/C(=C\C=C/C)CC(=O)c1ccccc1O.CC. The van der Waals surface area contributed by atoms with Gasteiger partial charge in [0.2, 0.25) is 0 Å². The lowest BCUT2D eigenvalue weighted by Crippen LogP contribution is -2.00. The molecule has 2 nitrogen and oxygen atoms in total. The fraction of sp³-hybridized carbons (Fsp3) is 0.235. The van der Waals surface area contributed by atoms with E-state index in [1.165, 1.54) is 6.07 Å². The molecule has 0 aliphatic carbocycles. The number of benzene rings is 1. The Balaban J connectivity index is 0.00000154. The van der Waals surface area contributed by atoms with Gasteiger partial charge in [0.15, 0.2) is 5.78 Å². The molecule has 0 aliphatic heterocycles. The Kier molecular flexibility index (Phi) is 8.80. The Morgan fingerprint density at radius 3 is 2.47 bits per heavy atom. The van der Waals surface area contributed by atoms with Crippen LogP contribution in [0.25, 0.3) is 0 Å². The molecule has 1 aromatic rings. The van der Waals surface area contributed by atoms with Crippen LogP contribution in [0.4, 0.5) is 0 Å². The molecule has 0 aliphatic rings. The minimum atomic E-state index is -0.112. The second kappa shape index (κ2) is 9.89. The Morgan fingerprint density at radius 2 is 1.95 bits per heavy atom. The van der Waals surface area contributed by atoms with Gasteiger partial charge < -0.3 is 5.11 Å². The Hall–Kier alpha value is -2.09. The lowest BCUT2D eigenvalue weighted by atomic mass is 10.0. The molecule has 0 spiro atoms. The van der Waals surface area contributed by atoms with E-state index in [9.17, 15) is 9.90 Å². The van der Waals surface area contributed by atoms with Crippen LogP contribution in [0.3, 0.4) is 0 Å². The molecule has 1 N–H and O–H groups in total. The number of phenols is 1. The van der Waals surface area contributed by atoms with Gasteiger partial charge in [-0.05, 0) is 24.6 Å². The van der Waals surface area contributed by atoms with Crippen LogP contribution in [0.1, 0.15) is 37.6 Å². The fourth-order valence-electron chi connectivity index (χ4n) is 1.41. The van der Waals surface area contributed by atoms with Crippen molar-refractivity contribution in [3.63, 3.8) is 0 Å². The fourth-order valence-corrected chi connectivity index (χ4v) is 1.41. The highest BCUT2D eigenvalue weighted by atomic mass is 16.3. The second-order valence-corrected chi connectivity index (χ2v) is 3.59. The maximum Gasteiger partial charge on any atom is 0.170 e. The van der Waals surface area contributed by atoms with Gasteiger partial charge in [0.1, 0.15) is 5.75 Å². The number of carbonyl (C=O) groups excluding carboxylic acids is 1. The van der Waals surface area contributed by atoms with Gasteiger partial charge in [0, 0.05) is 6.42 Å². The van der Waals surface area contributed by atoms with Crippen molar-refractivity contribution in [3.05, 3.63) is 66.3 Å². The Bertz CT molecular complexity index is 468. The molecule has 0 unspecified atom stereocenters. The zero-order chi connectivity index (χ0) is 14.7. The molecule has 102 valence electrons. The van der Waals surface area contributed by atoms with Crippen LogP contribution in [-0.2, 0) is 0 Å². The molecule has 0 amide bonds. The van der Waals surface area contributed by atoms with Crippen LogP contribution in [-0.4, -0.2) is 10.9 Å². The quantitative estimate of drug-likeness (QED) is 0.615. The van der Waals surface area contributed by atoms with E-state index in [0.29, 0.717) is 5.56 Å². The summed E-state index contributed by atoms with van der Waals surface area (Å²) < 4.78 is 0. The van der Waals surface area contributed by atoms with Gasteiger partial charge in [-0.3, -0.25) is 4.79 Å². The summed E-state index contributed by atoms with van der Waals surface area (Å²) >= 11 is 0. The van der Waals surface area contributed by atoms with Crippen molar-refractivity contribution in [2.45, 2.75) is 27.2 Å². The van der Waals surface area contributed by atoms with E-state index in [-0.39, 0.29) is 18.0 Å². The van der Waals surface area contributed by atoms with Crippen LogP contribution in [0.5, 0.6) is 5.75 Å². The molecule has 0 aromatic heterocycles. The van der Waals surface area contributed by atoms with Gasteiger partial charge in [-0.2, -0.15) is 0 Å². The van der Waals surface area contributed by atoms with Crippen LogP contribution < -0.4 is 0 Å². The summed E-state index contributed by atoms with van der Waals surface area (Å²) in [6.45, 7) is 9.57. The topological polar surface area (TPSA) is 37.3 Å². The van der Waals surface area contributed by atoms with Crippen molar-refractivity contribution in [2.75, 3.05) is 0 Å². The number of carbonyl (C=O) groups is 1. The largest absolute Gasteiger partial charge is 0.507 e. The average molecular weight is 258 g/mol. The number of para-hydroxylation sites is 1. The predicted octanol–water partition coefficient (Wildman–Crippen LogP) is 4.68. The number of phenolic OH excluding ortho intramolecular Hbond substituents is 1. The lowest BCUT2D eigenvalue weighted by Gasteiger charge is -2.03. The number of rotatable bonds is 5. The minimum absolute atomic E-state index is 0.0203. The summed E-state index contributed by atoms with van der Waals surface area (Å²) in [6.07, 6.45) is 7.47. The molecular formula is C17H22O2. The molecule has 1 aromatic carbocycles. The highest BCUT2D eigenvalue weighted by Crippen LogP contribution is 2.19. The summed E-state index contributed by atoms with van der Waals surface area (Å²) in [4.78, 5) is 11.9. The first kappa shape index (κ1) is 16.9. The summed E-state index contributed by atoms with van der Waals surface area (Å²) in [5.74, 6) is -0.0919. The van der Waals surface area contributed by atoms with E-state index in [4.69, 9.17) is 0 Å². The molecule has 0 heterocycles. The van der Waals surface area contributed by atoms with Gasteiger partial charge >= 0.3 is 0 Å². The third kappa shape index (κ3) is 5.87. The first-order valence-electron chi connectivity index (χ1n) is 6.44. The van der Waals surface area contributed by atoms with E-state index < -0.39 is 0 Å². The Labute approximate surface area is 115 Å². The van der Waals surface area contributed by atoms with Crippen LogP contribution in [0.15, 0.2) is 60.7 Å². The van der Waals surface area contributed by atoms with Gasteiger partial charge in [-0.25, -0.2) is 0 Å². The highest BCUT2D eigenvalue weighted by molar-refractivity contribution is 6.00. The predicted molar refractivity (Wildman–Crippen MR) is 81.5 cm³/mol. The van der Waals surface area contributed by atoms with E-state index >= 15 is 0 Å². The third-order valence-electron chi connectivity index (χ3n) is 2.33. The standard InChI is InChI=1S/C15H16O2.C2H6/c1-3-5-8-12(4-2)11-15(17)13-9-6-7-10-14(13)16;1-2/h3-10,16H,2,11H2,1H3;1-2H3/b5-3-,12-8+;. The average Bonchev–Trinajstić information content (AvgIpc) is 2.45. The van der Waals surface area contributed by atoms with Crippen molar-refractivity contribution < 1.29 is 9.90 Å². The molecule has 19 heavy (non-hydrogen) atoms. The number of ketones is 1. The van der Waals surface area contributed by atoms with Crippen LogP contribution >= 0.6 is 0 Å². The zero-order valence-electron chi connectivity index (χ0n) is 11.9. The van der Waals surface area contributed by atoms with Gasteiger partial charge in [-0.1, -0.05) is 56.9 Å². The monoisotopic (exact) mass is 258 g/mol. The minimum Gasteiger partial charge on any atom is -0.507 e. The summed E-state index contributed by atoms with van der Waals surface area (Å²) in [5.41, 5.74) is 1.18. The zero-order valence-corrected chi connectivity index (χ0v) is 11.9. The van der Waals surface area contributed by atoms with Crippen molar-refractivity contribution in [3.8, 4) is 5.75 Å². The molecule has 0 fully saturated rings. The number of hydrogen-bond donors (Lipinski definition) is 1. The van der Waals surface area contributed by atoms with E-state index in [1.54, 1.807) is 24.3 Å². The van der Waals surface area contributed by atoms with Crippen molar-refractivity contribution in [2.24, 2.45) is 0 Å². The molecule has 0 saturated carbocycles. The summed E-state index contributed by atoms with van der Waals surface area (Å²) in [6, 6.07) is 6.55. The smallest absolute Gasteiger partial charge is 0.170 e. The normalized spacial score (nSPS) is 10.8. The summed E-state index contributed by atoms with van der Waals surface area (Å²) in [5, 5.41) is 9.56. The number of Topliss-reactive ketones (excluding diaryl/α,β-unsaturated/α-hetero) is 1. The van der Waals surface area contributed by atoms with E-state index in [2.05, 4.69) is 6.58 Å². The lowest BCUT2D eigenvalue weighted by molar-refractivity contribution is 0.0991. The van der Waals surface area contributed by atoms with Gasteiger partial charge in [-0.15, -0.1) is 0 Å². The molecule has 0 radical (unpaired) electrons. The molecule has 1 rings (SSSR count). The third-order valence-corrected chi connectivity index (χ3v) is 2.33. The first-order chi connectivity index (χ1) is 9.19. The van der Waals surface area contributed by atoms with Crippen molar-refractivity contribution in [1.29, 1.82) is 0 Å². The molecule has 0 atom stereocenters. The maximum atomic E-state index is 11.9. The van der Waals surface area contributed by atoms with Crippen molar-refractivity contribution in [1.82, 2.24) is 0 Å². The van der Waals surface area contributed by atoms with Gasteiger partial charge in [0.05, 0.1) is 5.56 Å². The highest BCUT2D eigenvalue weighted by Gasteiger charge is 2.10. The maximum absolute atomic E-state index is 11.9. The van der Waals surface area contributed by atoms with E-state index in [1.807, 2.05) is 39.0 Å². The van der Waals surface area contributed by atoms with Crippen LogP contribution in [0.2, 0.25) is 0 Å². The Morgan fingerprint density at radius 1 is 1.32 bits per heavy atom. The van der Waals surface area contributed by atoms with Crippen LogP contribution in [0, 0.1) is 0 Å². The summed E-state index contributed by atoms with van der Waals surface area (Å²) in [7, 11) is 0. The molecule has 0 bridgehead atoms. The number of allylic oxidation sites excluding steroid dienone is 5. The molecule has 2 heteroatoms.